The molecule has 3 aliphatic rings. The van der Waals surface area contributed by atoms with Gasteiger partial charge in [0.05, 0.1) is 12.2 Å². The van der Waals surface area contributed by atoms with Crippen molar-refractivity contribution < 1.29 is 15.8 Å². The normalized spacial score (nSPS) is 23.1. The van der Waals surface area contributed by atoms with Gasteiger partial charge in [-0.2, -0.15) is 0 Å². The first-order valence-corrected chi connectivity index (χ1v) is 12.9. The Bertz CT molecular complexity index is 804. The summed E-state index contributed by atoms with van der Waals surface area (Å²) in [6.07, 6.45) is 10.4. The molecule has 6 heteroatoms. The van der Waals surface area contributed by atoms with Crippen LogP contribution >= 0.6 is 0 Å². The summed E-state index contributed by atoms with van der Waals surface area (Å²) in [7, 11) is 0. The van der Waals surface area contributed by atoms with Crippen molar-refractivity contribution in [2.75, 3.05) is 32.7 Å². The van der Waals surface area contributed by atoms with Crippen molar-refractivity contribution in [3.05, 3.63) is 22.9 Å². The van der Waals surface area contributed by atoms with Crippen LogP contribution in [0.2, 0.25) is 0 Å². The minimum Gasteiger partial charge on any atom is -0.339 e. The molecular formula is C27H45N3O3. The van der Waals surface area contributed by atoms with E-state index in [1.807, 2.05) is 17.9 Å². The van der Waals surface area contributed by atoms with Gasteiger partial charge >= 0.3 is 0 Å². The molecule has 6 nitrogen and oxygen atoms in total. The SMILES string of the molecule is CC1=CCC(C(=O)N2CCCC(C(=O)CC(C)(C)C)CC2)=C1NC(=O)CN1CCCCCC1.[HH]. The average molecular weight is 460 g/mol. The molecule has 2 amide bonds. The van der Waals surface area contributed by atoms with Crippen LogP contribution in [0.5, 0.6) is 0 Å². The maximum atomic E-state index is 13.4. The lowest BCUT2D eigenvalue weighted by atomic mass is 9.83. The summed E-state index contributed by atoms with van der Waals surface area (Å²) >= 11 is 0. The number of Topliss-reactive ketones (excluding diaryl/α,β-unsaturated/α-hetero) is 1. The molecule has 1 unspecified atom stereocenters. The number of likely N-dealkylation sites (tertiary alicyclic amines) is 2. The molecule has 1 atom stereocenters. The number of nitrogens with one attached hydrogen (secondary N) is 1. The summed E-state index contributed by atoms with van der Waals surface area (Å²) in [5.74, 6) is 0.357. The topological polar surface area (TPSA) is 69.7 Å². The zero-order chi connectivity index (χ0) is 24.0. The van der Waals surface area contributed by atoms with E-state index in [1.165, 1.54) is 12.8 Å². The molecule has 186 valence electrons. The number of ketones is 1. The Hall–Kier alpha value is -1.95. The highest BCUT2D eigenvalue weighted by Gasteiger charge is 2.31. The van der Waals surface area contributed by atoms with E-state index < -0.39 is 0 Å². The summed E-state index contributed by atoms with van der Waals surface area (Å²) in [6.45, 7) is 11.9. The standard InChI is InChI=1S/C27H43N3O3.H2/c1-20-11-12-22(25(20)28-24(32)19-29-14-7-5-6-8-15-29)26(33)30-16-9-10-21(13-17-30)23(31)18-27(2,3)4;/h11,21H,5-10,12-19H2,1-4H3,(H,28,32);1H. The Morgan fingerprint density at radius 1 is 1.00 bits per heavy atom. The molecule has 0 radical (unpaired) electrons. The molecule has 1 N–H and O–H groups in total. The number of hydrogen-bond donors (Lipinski definition) is 1. The highest BCUT2D eigenvalue weighted by atomic mass is 16.2. The van der Waals surface area contributed by atoms with Gasteiger partial charge in [0.15, 0.2) is 0 Å². The van der Waals surface area contributed by atoms with Gasteiger partial charge in [-0.05, 0) is 69.5 Å². The molecule has 2 heterocycles. The molecule has 2 fully saturated rings. The summed E-state index contributed by atoms with van der Waals surface area (Å²) in [6, 6.07) is 0. The third kappa shape index (κ3) is 7.53. The zero-order valence-corrected chi connectivity index (χ0v) is 21.2. The molecule has 0 aromatic rings. The predicted molar refractivity (Wildman–Crippen MR) is 134 cm³/mol. The van der Waals surface area contributed by atoms with Gasteiger partial charge in [0, 0.05) is 32.4 Å². The minimum absolute atomic E-state index is 0. The first-order valence-electron chi connectivity index (χ1n) is 12.9. The smallest absolute Gasteiger partial charge is 0.252 e. The number of nitrogens with zero attached hydrogens (tertiary/aromatic N) is 2. The quantitative estimate of drug-likeness (QED) is 0.637. The van der Waals surface area contributed by atoms with Crippen LogP contribution in [0.1, 0.15) is 86.9 Å². The fourth-order valence-corrected chi connectivity index (χ4v) is 5.22. The van der Waals surface area contributed by atoms with E-state index in [1.54, 1.807) is 0 Å². The van der Waals surface area contributed by atoms with Crippen LogP contribution in [0, 0.1) is 11.3 Å². The largest absolute Gasteiger partial charge is 0.339 e. The molecule has 1 aliphatic carbocycles. The van der Waals surface area contributed by atoms with Gasteiger partial charge in [0.2, 0.25) is 5.91 Å². The molecule has 0 aromatic heterocycles. The van der Waals surface area contributed by atoms with Gasteiger partial charge < -0.3 is 10.2 Å². The van der Waals surface area contributed by atoms with Crippen molar-refractivity contribution in [2.24, 2.45) is 11.3 Å². The second-order valence-corrected chi connectivity index (χ2v) is 11.3. The van der Waals surface area contributed by atoms with E-state index >= 15 is 0 Å². The van der Waals surface area contributed by atoms with Gasteiger partial charge in [-0.3, -0.25) is 19.3 Å². The van der Waals surface area contributed by atoms with Crippen molar-refractivity contribution >= 4 is 17.6 Å². The second-order valence-electron chi connectivity index (χ2n) is 11.3. The van der Waals surface area contributed by atoms with Gasteiger partial charge in [-0.1, -0.05) is 39.7 Å². The number of allylic oxidation sites excluding steroid dienone is 2. The van der Waals surface area contributed by atoms with Gasteiger partial charge in [0.1, 0.15) is 5.78 Å². The molecule has 33 heavy (non-hydrogen) atoms. The Kier molecular flexibility index (Phi) is 8.91. The second kappa shape index (κ2) is 11.5. The Labute approximate surface area is 201 Å². The Balaban J connectivity index is 0.00000408. The highest BCUT2D eigenvalue weighted by Crippen LogP contribution is 2.29. The van der Waals surface area contributed by atoms with E-state index in [0.717, 1.165) is 50.8 Å². The summed E-state index contributed by atoms with van der Waals surface area (Å²) in [5.41, 5.74) is 2.35. The number of carbonyl (C=O) groups excluding carboxylic acids is 3. The van der Waals surface area contributed by atoms with Gasteiger partial charge in [-0.15, -0.1) is 0 Å². The number of rotatable bonds is 6. The van der Waals surface area contributed by atoms with Crippen molar-refractivity contribution in [2.45, 2.75) is 85.5 Å². The fourth-order valence-electron chi connectivity index (χ4n) is 5.22. The van der Waals surface area contributed by atoms with Crippen LogP contribution in [0.4, 0.5) is 0 Å². The van der Waals surface area contributed by atoms with E-state index in [0.29, 0.717) is 49.5 Å². The first-order chi connectivity index (χ1) is 15.6. The fraction of sp³-hybridized carbons (Fsp3) is 0.741. The lowest BCUT2D eigenvalue weighted by Crippen LogP contribution is -2.39. The van der Waals surface area contributed by atoms with Gasteiger partial charge in [-0.25, -0.2) is 0 Å². The van der Waals surface area contributed by atoms with E-state index in [9.17, 15) is 14.4 Å². The van der Waals surface area contributed by atoms with Crippen LogP contribution in [0.15, 0.2) is 22.9 Å². The van der Waals surface area contributed by atoms with Crippen LogP contribution in [-0.4, -0.2) is 60.1 Å². The van der Waals surface area contributed by atoms with Crippen LogP contribution in [0.25, 0.3) is 0 Å². The lowest BCUT2D eigenvalue weighted by molar-refractivity contribution is -0.128. The third-order valence-electron chi connectivity index (χ3n) is 7.07. The average Bonchev–Trinajstić information content (AvgIpc) is 2.96. The molecule has 2 saturated heterocycles. The predicted octanol–water partition coefficient (Wildman–Crippen LogP) is 4.46. The maximum Gasteiger partial charge on any atom is 0.252 e. The molecule has 0 bridgehead atoms. The third-order valence-corrected chi connectivity index (χ3v) is 7.07. The number of amides is 2. The zero-order valence-electron chi connectivity index (χ0n) is 21.2. The highest BCUT2D eigenvalue weighted by molar-refractivity contribution is 5.97. The van der Waals surface area contributed by atoms with E-state index in [2.05, 4.69) is 31.0 Å². The minimum atomic E-state index is -0.0319. The van der Waals surface area contributed by atoms with E-state index in [-0.39, 0.29) is 24.6 Å². The molecule has 0 spiro atoms. The molecular weight excluding hydrogens is 414 g/mol. The van der Waals surface area contributed by atoms with Crippen molar-refractivity contribution in [3.63, 3.8) is 0 Å². The molecule has 3 rings (SSSR count). The monoisotopic (exact) mass is 459 g/mol. The Morgan fingerprint density at radius 2 is 1.70 bits per heavy atom. The lowest BCUT2D eigenvalue weighted by Gasteiger charge is -2.24. The maximum absolute atomic E-state index is 13.4. The van der Waals surface area contributed by atoms with Crippen LogP contribution in [-0.2, 0) is 14.4 Å². The molecule has 0 aromatic carbocycles. The Morgan fingerprint density at radius 3 is 2.36 bits per heavy atom. The van der Waals surface area contributed by atoms with Crippen molar-refractivity contribution in [1.29, 1.82) is 0 Å². The molecule has 0 saturated carbocycles. The van der Waals surface area contributed by atoms with Crippen LogP contribution < -0.4 is 5.32 Å². The summed E-state index contributed by atoms with van der Waals surface area (Å²) in [5, 5.41) is 3.06. The first kappa shape index (κ1) is 25.7. The molecule has 2 aliphatic heterocycles. The van der Waals surface area contributed by atoms with Crippen molar-refractivity contribution in [3.8, 4) is 0 Å². The van der Waals surface area contributed by atoms with Crippen LogP contribution in [0.3, 0.4) is 0 Å². The van der Waals surface area contributed by atoms with Crippen molar-refractivity contribution in [1.82, 2.24) is 15.1 Å². The number of hydrogen-bond acceptors (Lipinski definition) is 4. The number of carbonyl (C=O) groups is 3. The van der Waals surface area contributed by atoms with Gasteiger partial charge in [0.25, 0.3) is 5.91 Å². The summed E-state index contributed by atoms with van der Waals surface area (Å²) in [4.78, 5) is 43.0. The van der Waals surface area contributed by atoms with E-state index in [4.69, 9.17) is 0 Å². The summed E-state index contributed by atoms with van der Waals surface area (Å²) < 4.78 is 0.